The molecule has 1 aromatic heterocycles. The van der Waals surface area contributed by atoms with E-state index in [2.05, 4.69) is 15.6 Å². The van der Waals surface area contributed by atoms with Crippen LogP contribution in [0.1, 0.15) is 11.1 Å². The number of hydrogen-bond acceptors (Lipinski definition) is 7. The first kappa shape index (κ1) is 21.6. The van der Waals surface area contributed by atoms with Crippen molar-refractivity contribution < 1.29 is 19.1 Å². The molecule has 3 amide bonds. The molecule has 4 N–H and O–H groups in total. The van der Waals surface area contributed by atoms with E-state index in [1.807, 2.05) is 12.1 Å². The summed E-state index contributed by atoms with van der Waals surface area (Å²) in [4.78, 5) is 27.2. The third-order valence-electron chi connectivity index (χ3n) is 3.87. The third-order valence-corrected chi connectivity index (χ3v) is 3.87. The lowest BCUT2D eigenvalue weighted by Gasteiger charge is -2.13. The lowest BCUT2D eigenvalue weighted by molar-refractivity contribution is -0.117. The van der Waals surface area contributed by atoms with Crippen LogP contribution in [-0.2, 0) is 4.79 Å². The van der Waals surface area contributed by atoms with Crippen LogP contribution in [0.5, 0.6) is 23.3 Å². The van der Waals surface area contributed by atoms with E-state index in [9.17, 15) is 9.59 Å². The molecule has 10 heteroatoms. The second-order valence-corrected chi connectivity index (χ2v) is 6.26. The van der Waals surface area contributed by atoms with Gasteiger partial charge in [-0.15, -0.1) is 0 Å². The number of nitrogens with two attached hydrogens (primary N) is 1. The minimum atomic E-state index is -0.702. The summed E-state index contributed by atoms with van der Waals surface area (Å²) < 4.78 is 11.5. The maximum Gasteiger partial charge on any atom is 0.319 e. The van der Waals surface area contributed by atoms with Crippen molar-refractivity contribution in [3.05, 3.63) is 71.8 Å². The van der Waals surface area contributed by atoms with Crippen molar-refractivity contribution in [3.8, 4) is 35.4 Å². The molecule has 0 unspecified atom stereocenters. The average molecular weight is 428 g/mol. The van der Waals surface area contributed by atoms with Gasteiger partial charge in [0.05, 0.1) is 29.8 Å². The summed E-state index contributed by atoms with van der Waals surface area (Å²) >= 11 is 0. The lowest BCUT2D eigenvalue weighted by atomic mass is 10.2. The van der Waals surface area contributed by atoms with Gasteiger partial charge in [0.25, 0.3) is 0 Å². The Morgan fingerprint density at radius 3 is 2.16 bits per heavy atom. The fourth-order valence-electron chi connectivity index (χ4n) is 2.48. The molecule has 0 saturated carbocycles. The Hall–Kier alpha value is -5.09. The van der Waals surface area contributed by atoms with Gasteiger partial charge in [-0.05, 0) is 42.5 Å². The number of nitriles is 2. The smallest absolute Gasteiger partial charge is 0.319 e. The van der Waals surface area contributed by atoms with Crippen LogP contribution in [0.3, 0.4) is 0 Å². The molecule has 0 aliphatic heterocycles. The van der Waals surface area contributed by atoms with Crippen LogP contribution in [0.25, 0.3) is 0 Å². The normalized spacial score (nSPS) is 9.69. The maximum atomic E-state index is 12.1. The zero-order valence-corrected chi connectivity index (χ0v) is 16.5. The number of benzene rings is 2. The molecule has 1 heterocycles. The number of hydrogen-bond donors (Lipinski definition) is 3. The summed E-state index contributed by atoms with van der Waals surface area (Å²) in [7, 11) is 0. The van der Waals surface area contributed by atoms with E-state index < -0.39 is 11.9 Å². The molecule has 10 nitrogen and oxygen atoms in total. The van der Waals surface area contributed by atoms with Crippen molar-refractivity contribution in [2.75, 3.05) is 11.9 Å². The van der Waals surface area contributed by atoms with E-state index in [0.29, 0.717) is 22.6 Å². The Labute approximate surface area is 182 Å². The van der Waals surface area contributed by atoms with Gasteiger partial charge in [-0.3, -0.25) is 4.79 Å². The predicted octanol–water partition coefficient (Wildman–Crippen LogP) is 3.02. The molecule has 2 aromatic carbocycles. The molecule has 32 heavy (non-hydrogen) atoms. The number of anilines is 1. The Bertz CT molecular complexity index is 1250. The topological polar surface area (TPSA) is 163 Å². The van der Waals surface area contributed by atoms with E-state index in [4.69, 9.17) is 25.7 Å². The fraction of sp³-hybridized carbons (Fsp3) is 0.0455. The van der Waals surface area contributed by atoms with Crippen LogP contribution in [0.4, 0.5) is 10.5 Å². The molecule has 0 aliphatic carbocycles. The number of nitrogens with one attached hydrogen (secondary N) is 2. The van der Waals surface area contributed by atoms with Gasteiger partial charge in [0.2, 0.25) is 17.7 Å². The van der Waals surface area contributed by atoms with Crippen LogP contribution in [-0.4, -0.2) is 23.5 Å². The zero-order chi connectivity index (χ0) is 22.9. The van der Waals surface area contributed by atoms with Gasteiger partial charge in [0, 0.05) is 6.07 Å². The lowest BCUT2D eigenvalue weighted by Crippen LogP contribution is -2.36. The number of rotatable bonds is 7. The maximum absolute atomic E-state index is 12.1. The molecule has 0 bridgehead atoms. The van der Waals surface area contributed by atoms with Gasteiger partial charge in [-0.2, -0.15) is 15.5 Å². The Morgan fingerprint density at radius 2 is 1.56 bits per heavy atom. The minimum absolute atomic E-state index is 0.0248. The van der Waals surface area contributed by atoms with Crippen molar-refractivity contribution in [3.63, 3.8) is 0 Å². The number of carbonyl (C=O) groups excluding carboxylic acids is 2. The number of pyridine rings is 1. The fourth-order valence-corrected chi connectivity index (χ4v) is 2.48. The van der Waals surface area contributed by atoms with Crippen LogP contribution in [0.2, 0.25) is 0 Å². The number of urea groups is 1. The van der Waals surface area contributed by atoms with Gasteiger partial charge >= 0.3 is 6.03 Å². The highest BCUT2D eigenvalue weighted by Crippen LogP contribution is 2.32. The number of ether oxygens (including phenoxy) is 2. The van der Waals surface area contributed by atoms with Crippen molar-refractivity contribution in [1.82, 2.24) is 10.3 Å². The monoisotopic (exact) mass is 428 g/mol. The van der Waals surface area contributed by atoms with Gasteiger partial charge in [0.1, 0.15) is 17.2 Å². The Balaban J connectivity index is 1.89. The van der Waals surface area contributed by atoms with Crippen LogP contribution in [0, 0.1) is 22.7 Å². The van der Waals surface area contributed by atoms with Crippen molar-refractivity contribution in [1.29, 1.82) is 10.5 Å². The van der Waals surface area contributed by atoms with Crippen molar-refractivity contribution in [2.45, 2.75) is 0 Å². The van der Waals surface area contributed by atoms with Crippen LogP contribution >= 0.6 is 0 Å². The standard InChI is InChI=1S/C22H16N6O4/c23-11-14-3-1-5-16(9-14)31-20-8-7-18(27-22(30)26-13-19(25)29)21(28-20)32-17-6-2-4-15(10-17)12-24/h1-10H,13H2,(H2,25,29)(H2,26,27,30). The summed E-state index contributed by atoms with van der Waals surface area (Å²) in [5, 5.41) is 22.9. The molecule has 0 saturated heterocycles. The first-order valence-corrected chi connectivity index (χ1v) is 9.17. The average Bonchev–Trinajstić information content (AvgIpc) is 2.79. The number of primary amides is 1. The largest absolute Gasteiger partial charge is 0.439 e. The van der Waals surface area contributed by atoms with E-state index in [1.165, 1.54) is 18.2 Å². The number of nitrogens with zero attached hydrogens (tertiary/aromatic N) is 3. The molecule has 3 aromatic rings. The van der Waals surface area contributed by atoms with E-state index in [-0.39, 0.29) is 24.0 Å². The summed E-state index contributed by atoms with van der Waals surface area (Å²) in [6, 6.07) is 19.2. The minimum Gasteiger partial charge on any atom is -0.439 e. The van der Waals surface area contributed by atoms with E-state index in [1.54, 1.807) is 42.5 Å². The number of aromatic nitrogens is 1. The van der Waals surface area contributed by atoms with E-state index >= 15 is 0 Å². The highest BCUT2D eigenvalue weighted by Gasteiger charge is 2.14. The first-order chi connectivity index (χ1) is 15.5. The first-order valence-electron chi connectivity index (χ1n) is 9.17. The Morgan fingerprint density at radius 1 is 0.938 bits per heavy atom. The number of amides is 3. The highest BCUT2D eigenvalue weighted by molar-refractivity contribution is 5.93. The second-order valence-electron chi connectivity index (χ2n) is 6.26. The van der Waals surface area contributed by atoms with Gasteiger partial charge < -0.3 is 25.8 Å². The highest BCUT2D eigenvalue weighted by atomic mass is 16.5. The summed E-state index contributed by atoms with van der Waals surface area (Å²) in [6.45, 7) is -0.351. The molecule has 158 valence electrons. The molecule has 0 atom stereocenters. The number of carbonyl (C=O) groups is 2. The quantitative estimate of drug-likeness (QED) is 0.520. The summed E-state index contributed by atoms with van der Waals surface area (Å²) in [5.41, 5.74) is 5.99. The van der Waals surface area contributed by atoms with Crippen molar-refractivity contribution >= 4 is 17.6 Å². The molecule has 0 aliphatic rings. The predicted molar refractivity (Wildman–Crippen MR) is 113 cm³/mol. The Kier molecular flexibility index (Phi) is 6.82. The SMILES string of the molecule is N#Cc1cccc(Oc2ccc(NC(=O)NCC(N)=O)c(Oc3cccc(C#N)c3)n2)c1. The zero-order valence-electron chi connectivity index (χ0n) is 16.5. The van der Waals surface area contributed by atoms with Gasteiger partial charge in [-0.25, -0.2) is 4.79 Å². The van der Waals surface area contributed by atoms with Gasteiger partial charge in [-0.1, -0.05) is 12.1 Å². The molecular weight excluding hydrogens is 412 g/mol. The summed E-state index contributed by atoms with van der Waals surface area (Å²) in [5.74, 6) is 0.0962. The molecule has 3 rings (SSSR count). The molecule has 0 radical (unpaired) electrons. The van der Waals surface area contributed by atoms with Gasteiger partial charge in [0.15, 0.2) is 0 Å². The summed E-state index contributed by atoms with van der Waals surface area (Å²) in [6.07, 6.45) is 0. The molecule has 0 spiro atoms. The molecular formula is C22H16N6O4. The third kappa shape index (κ3) is 5.95. The van der Waals surface area contributed by atoms with E-state index in [0.717, 1.165) is 0 Å². The van der Waals surface area contributed by atoms with Crippen molar-refractivity contribution in [2.24, 2.45) is 5.73 Å². The second kappa shape index (κ2) is 10.1. The molecule has 0 fully saturated rings. The van der Waals surface area contributed by atoms with Crippen LogP contribution < -0.4 is 25.8 Å². The van der Waals surface area contributed by atoms with Crippen LogP contribution in [0.15, 0.2) is 60.7 Å².